The number of hydrogen-bond acceptors (Lipinski definition) is 1. The number of alkyl halides is 1. The zero-order valence-electron chi connectivity index (χ0n) is 8.89. The summed E-state index contributed by atoms with van der Waals surface area (Å²) in [6.45, 7) is 2.14. The molecule has 1 atom stereocenters. The van der Waals surface area contributed by atoms with Gasteiger partial charge in [0, 0.05) is 17.8 Å². The van der Waals surface area contributed by atoms with Crippen LogP contribution >= 0.6 is 15.9 Å². The van der Waals surface area contributed by atoms with E-state index in [1.165, 1.54) is 32.1 Å². The van der Waals surface area contributed by atoms with Gasteiger partial charge < -0.3 is 5.32 Å². The van der Waals surface area contributed by atoms with Crippen LogP contribution < -0.4 is 5.32 Å². The van der Waals surface area contributed by atoms with Crippen molar-refractivity contribution < 1.29 is 4.79 Å². The molecule has 1 N–H and O–H groups in total. The summed E-state index contributed by atoms with van der Waals surface area (Å²) in [5.41, 5.74) is 0. The average molecular weight is 262 g/mol. The van der Waals surface area contributed by atoms with Crippen LogP contribution in [0, 0.1) is 5.92 Å². The standard InChI is InChI=1S/C11H20BrNO/c1-9(13-11(14)7-8-12)10-5-3-2-4-6-10/h9-10H,2-8H2,1H3,(H,13,14). The van der Waals surface area contributed by atoms with Crippen molar-refractivity contribution in [2.24, 2.45) is 5.92 Å². The molecule has 1 unspecified atom stereocenters. The summed E-state index contributed by atoms with van der Waals surface area (Å²) >= 11 is 3.28. The number of hydrogen-bond donors (Lipinski definition) is 1. The first-order valence-electron chi connectivity index (χ1n) is 5.59. The molecule has 1 rings (SSSR count). The van der Waals surface area contributed by atoms with E-state index in [9.17, 15) is 4.79 Å². The number of rotatable bonds is 4. The monoisotopic (exact) mass is 261 g/mol. The van der Waals surface area contributed by atoms with Crippen molar-refractivity contribution in [3.63, 3.8) is 0 Å². The molecule has 1 amide bonds. The minimum absolute atomic E-state index is 0.181. The van der Waals surface area contributed by atoms with Gasteiger partial charge in [-0.25, -0.2) is 0 Å². The van der Waals surface area contributed by atoms with Crippen LogP contribution in [-0.2, 0) is 4.79 Å². The van der Waals surface area contributed by atoms with Gasteiger partial charge in [-0.2, -0.15) is 0 Å². The van der Waals surface area contributed by atoms with E-state index in [1.54, 1.807) is 0 Å². The van der Waals surface area contributed by atoms with E-state index in [4.69, 9.17) is 0 Å². The van der Waals surface area contributed by atoms with E-state index in [1.807, 2.05) is 0 Å². The summed E-state index contributed by atoms with van der Waals surface area (Å²) in [5, 5.41) is 3.84. The Kier molecular flexibility index (Phi) is 5.53. The Morgan fingerprint density at radius 2 is 2.07 bits per heavy atom. The highest BCUT2D eigenvalue weighted by atomic mass is 79.9. The molecule has 0 saturated heterocycles. The highest BCUT2D eigenvalue weighted by molar-refractivity contribution is 9.09. The predicted octanol–water partition coefficient (Wildman–Crippen LogP) is 2.86. The van der Waals surface area contributed by atoms with Crippen molar-refractivity contribution >= 4 is 21.8 Å². The van der Waals surface area contributed by atoms with Crippen molar-refractivity contribution in [2.45, 2.75) is 51.5 Å². The fraction of sp³-hybridized carbons (Fsp3) is 0.909. The van der Waals surface area contributed by atoms with Gasteiger partial charge in [0.05, 0.1) is 0 Å². The summed E-state index contributed by atoms with van der Waals surface area (Å²) in [6.07, 6.45) is 7.22. The largest absolute Gasteiger partial charge is 0.353 e. The molecule has 0 aromatic rings. The van der Waals surface area contributed by atoms with Crippen LogP contribution in [0.4, 0.5) is 0 Å². The normalized spacial score (nSPS) is 20.4. The van der Waals surface area contributed by atoms with E-state index >= 15 is 0 Å². The highest BCUT2D eigenvalue weighted by Crippen LogP contribution is 2.26. The second kappa shape index (κ2) is 6.44. The van der Waals surface area contributed by atoms with Gasteiger partial charge in [-0.05, 0) is 25.7 Å². The first kappa shape index (κ1) is 12.0. The summed E-state index contributed by atoms with van der Waals surface area (Å²) in [5.74, 6) is 0.892. The molecule has 0 bridgehead atoms. The smallest absolute Gasteiger partial charge is 0.221 e. The molecule has 0 radical (unpaired) electrons. The third-order valence-electron chi connectivity index (χ3n) is 3.07. The first-order valence-corrected chi connectivity index (χ1v) is 6.71. The third-order valence-corrected chi connectivity index (χ3v) is 3.46. The second-order valence-corrected chi connectivity index (χ2v) is 4.99. The van der Waals surface area contributed by atoms with E-state index in [0.717, 1.165) is 5.33 Å². The van der Waals surface area contributed by atoms with E-state index < -0.39 is 0 Å². The van der Waals surface area contributed by atoms with Crippen LogP contribution in [0.3, 0.4) is 0 Å². The van der Waals surface area contributed by atoms with Crippen molar-refractivity contribution in [3.05, 3.63) is 0 Å². The van der Waals surface area contributed by atoms with Gasteiger partial charge in [0.15, 0.2) is 0 Å². The lowest BCUT2D eigenvalue weighted by Crippen LogP contribution is -2.38. The van der Waals surface area contributed by atoms with Gasteiger partial charge in [0.25, 0.3) is 0 Å². The van der Waals surface area contributed by atoms with E-state index in [2.05, 4.69) is 28.2 Å². The number of nitrogens with one attached hydrogen (secondary N) is 1. The Labute approximate surface area is 95.0 Å². The third kappa shape index (κ3) is 3.99. The minimum Gasteiger partial charge on any atom is -0.353 e. The molecule has 1 saturated carbocycles. The number of halogens is 1. The molecule has 82 valence electrons. The molecule has 2 nitrogen and oxygen atoms in total. The van der Waals surface area contributed by atoms with Crippen molar-refractivity contribution in [3.8, 4) is 0 Å². The molecule has 0 aromatic carbocycles. The van der Waals surface area contributed by atoms with Crippen LogP contribution in [0.5, 0.6) is 0 Å². The summed E-state index contributed by atoms with van der Waals surface area (Å²) in [7, 11) is 0. The molecule has 1 aliphatic carbocycles. The van der Waals surface area contributed by atoms with Crippen LogP contribution in [0.15, 0.2) is 0 Å². The maximum Gasteiger partial charge on any atom is 0.221 e. The molecular weight excluding hydrogens is 242 g/mol. The van der Waals surface area contributed by atoms with Crippen LogP contribution in [-0.4, -0.2) is 17.3 Å². The zero-order chi connectivity index (χ0) is 10.4. The Hall–Kier alpha value is -0.0500. The van der Waals surface area contributed by atoms with Gasteiger partial charge in [0.2, 0.25) is 5.91 Å². The lowest BCUT2D eigenvalue weighted by molar-refractivity contribution is -0.121. The Balaban J connectivity index is 2.25. The molecule has 0 aliphatic heterocycles. The topological polar surface area (TPSA) is 29.1 Å². The van der Waals surface area contributed by atoms with Gasteiger partial charge >= 0.3 is 0 Å². The maximum atomic E-state index is 11.4. The quantitative estimate of drug-likeness (QED) is 0.775. The molecule has 1 fully saturated rings. The van der Waals surface area contributed by atoms with E-state index in [0.29, 0.717) is 18.4 Å². The molecule has 1 aliphatic rings. The highest BCUT2D eigenvalue weighted by Gasteiger charge is 2.20. The Morgan fingerprint density at radius 3 is 2.64 bits per heavy atom. The summed E-state index contributed by atoms with van der Waals surface area (Å²) < 4.78 is 0. The van der Waals surface area contributed by atoms with Gasteiger partial charge in [-0.3, -0.25) is 4.79 Å². The molecule has 3 heteroatoms. The fourth-order valence-electron chi connectivity index (χ4n) is 2.16. The average Bonchev–Trinajstić information content (AvgIpc) is 2.19. The van der Waals surface area contributed by atoms with Crippen molar-refractivity contribution in [1.29, 1.82) is 0 Å². The van der Waals surface area contributed by atoms with Crippen LogP contribution in [0.25, 0.3) is 0 Å². The lowest BCUT2D eigenvalue weighted by Gasteiger charge is -2.28. The minimum atomic E-state index is 0.181. The predicted molar refractivity (Wildman–Crippen MR) is 62.6 cm³/mol. The second-order valence-electron chi connectivity index (χ2n) is 4.19. The zero-order valence-corrected chi connectivity index (χ0v) is 10.5. The number of amides is 1. The molecular formula is C11H20BrNO. The number of carbonyl (C=O) groups excluding carboxylic acids is 1. The van der Waals surface area contributed by atoms with Gasteiger partial charge in [-0.15, -0.1) is 0 Å². The molecule has 0 heterocycles. The first-order chi connectivity index (χ1) is 6.74. The van der Waals surface area contributed by atoms with Gasteiger partial charge in [0.1, 0.15) is 0 Å². The maximum absolute atomic E-state index is 11.4. The summed E-state index contributed by atoms with van der Waals surface area (Å²) in [6, 6.07) is 0.363. The van der Waals surface area contributed by atoms with E-state index in [-0.39, 0.29) is 5.91 Å². The molecule has 0 aromatic heterocycles. The Bertz CT molecular complexity index is 178. The lowest BCUT2D eigenvalue weighted by atomic mass is 9.84. The van der Waals surface area contributed by atoms with Gasteiger partial charge in [-0.1, -0.05) is 35.2 Å². The van der Waals surface area contributed by atoms with Crippen LogP contribution in [0.1, 0.15) is 45.4 Å². The number of carbonyl (C=O) groups is 1. The summed E-state index contributed by atoms with van der Waals surface area (Å²) in [4.78, 5) is 11.4. The van der Waals surface area contributed by atoms with Crippen molar-refractivity contribution in [1.82, 2.24) is 5.32 Å². The van der Waals surface area contributed by atoms with Crippen LogP contribution in [0.2, 0.25) is 0 Å². The molecule has 0 spiro atoms. The fourth-order valence-corrected chi connectivity index (χ4v) is 2.52. The molecule has 14 heavy (non-hydrogen) atoms. The Morgan fingerprint density at radius 1 is 1.43 bits per heavy atom. The van der Waals surface area contributed by atoms with Crippen molar-refractivity contribution in [2.75, 3.05) is 5.33 Å². The SMILES string of the molecule is CC(NC(=O)CCBr)C1CCCCC1.